The van der Waals surface area contributed by atoms with Crippen molar-refractivity contribution in [2.24, 2.45) is 5.41 Å². The molecule has 4 nitrogen and oxygen atoms in total. The van der Waals surface area contributed by atoms with Crippen LogP contribution in [0.2, 0.25) is 0 Å². The zero-order valence-electron chi connectivity index (χ0n) is 17.9. The number of aryl methyl sites for hydroxylation is 1. The Balaban J connectivity index is 1.19. The fourth-order valence-electron chi connectivity index (χ4n) is 6.16. The first-order valence-electron chi connectivity index (χ1n) is 11.4. The van der Waals surface area contributed by atoms with E-state index in [9.17, 15) is 4.79 Å². The number of likely N-dealkylation sites (tertiary alicyclic amines) is 1. The molecular formula is C26H32N2O2. The van der Waals surface area contributed by atoms with Crippen LogP contribution in [0.3, 0.4) is 0 Å². The molecular weight excluding hydrogens is 372 g/mol. The highest BCUT2D eigenvalue weighted by atomic mass is 16.4. The summed E-state index contributed by atoms with van der Waals surface area (Å²) in [6.07, 6.45) is 7.83. The smallest absolute Gasteiger partial charge is 0.335 e. The lowest BCUT2D eigenvalue weighted by Crippen LogP contribution is -2.54. The Hall–Kier alpha value is -2.33. The van der Waals surface area contributed by atoms with Crippen LogP contribution >= 0.6 is 0 Å². The van der Waals surface area contributed by atoms with Crippen molar-refractivity contribution in [3.63, 3.8) is 0 Å². The summed E-state index contributed by atoms with van der Waals surface area (Å²) in [5, 5.41) is 9.10. The summed E-state index contributed by atoms with van der Waals surface area (Å²) < 4.78 is 0. The van der Waals surface area contributed by atoms with Gasteiger partial charge in [-0.3, -0.25) is 4.90 Å². The largest absolute Gasteiger partial charge is 0.478 e. The minimum Gasteiger partial charge on any atom is -0.478 e. The summed E-state index contributed by atoms with van der Waals surface area (Å²) in [5.74, 6) is -0.856. The number of hydrogen-bond donors (Lipinski definition) is 1. The lowest BCUT2D eigenvalue weighted by atomic mass is 9.59. The quantitative estimate of drug-likeness (QED) is 0.753. The predicted molar refractivity (Wildman–Crippen MR) is 120 cm³/mol. The SMILES string of the molecule is Cc1ccccc1[C@@H]1CCCN1C1CC2(CCN(c3ccc(C(=O)O)cc3)CC2)C1. The first-order valence-corrected chi connectivity index (χ1v) is 11.4. The number of carbonyl (C=O) groups is 1. The number of carboxylic acids is 1. The molecule has 3 aliphatic rings. The summed E-state index contributed by atoms with van der Waals surface area (Å²) >= 11 is 0. The maximum Gasteiger partial charge on any atom is 0.335 e. The Morgan fingerprint density at radius 1 is 1.00 bits per heavy atom. The summed E-state index contributed by atoms with van der Waals surface area (Å²) in [4.78, 5) is 16.3. The molecule has 1 atom stereocenters. The van der Waals surface area contributed by atoms with E-state index < -0.39 is 5.97 Å². The molecule has 2 aliphatic heterocycles. The van der Waals surface area contributed by atoms with E-state index in [1.54, 1.807) is 12.1 Å². The van der Waals surface area contributed by atoms with Gasteiger partial charge in [-0.25, -0.2) is 4.79 Å². The molecule has 0 aromatic heterocycles. The van der Waals surface area contributed by atoms with E-state index in [0.717, 1.165) is 24.8 Å². The highest BCUT2D eigenvalue weighted by molar-refractivity contribution is 5.88. The summed E-state index contributed by atoms with van der Waals surface area (Å²) in [6.45, 7) is 5.68. The van der Waals surface area contributed by atoms with E-state index in [1.807, 2.05) is 12.1 Å². The van der Waals surface area contributed by atoms with Crippen molar-refractivity contribution in [1.82, 2.24) is 4.90 Å². The Labute approximate surface area is 179 Å². The number of nitrogens with zero attached hydrogens (tertiary/aromatic N) is 2. The van der Waals surface area contributed by atoms with Gasteiger partial charge in [-0.2, -0.15) is 0 Å². The van der Waals surface area contributed by atoms with Crippen molar-refractivity contribution >= 4 is 11.7 Å². The van der Waals surface area contributed by atoms with Crippen molar-refractivity contribution in [3.05, 3.63) is 65.2 Å². The Morgan fingerprint density at radius 3 is 2.37 bits per heavy atom. The third-order valence-corrected chi connectivity index (χ3v) is 7.95. The molecule has 158 valence electrons. The number of carboxylic acid groups (broad SMARTS) is 1. The fraction of sp³-hybridized carbons (Fsp3) is 0.500. The van der Waals surface area contributed by atoms with Gasteiger partial charge in [0.1, 0.15) is 0 Å². The number of benzene rings is 2. The summed E-state index contributed by atoms with van der Waals surface area (Å²) in [5.41, 5.74) is 5.02. The maximum absolute atomic E-state index is 11.1. The normalized spacial score (nSPS) is 24.2. The molecule has 1 saturated carbocycles. The van der Waals surface area contributed by atoms with Crippen LogP contribution < -0.4 is 4.90 Å². The van der Waals surface area contributed by atoms with E-state index >= 15 is 0 Å². The molecule has 0 amide bonds. The first-order chi connectivity index (χ1) is 14.5. The van der Waals surface area contributed by atoms with E-state index in [1.165, 1.54) is 56.2 Å². The molecule has 2 heterocycles. The number of anilines is 1. The van der Waals surface area contributed by atoms with Gasteiger partial charge < -0.3 is 10.0 Å². The molecule has 1 aliphatic carbocycles. The Bertz CT molecular complexity index is 907. The van der Waals surface area contributed by atoms with Crippen molar-refractivity contribution in [1.29, 1.82) is 0 Å². The molecule has 2 saturated heterocycles. The number of aromatic carboxylic acids is 1. The molecule has 0 bridgehead atoms. The van der Waals surface area contributed by atoms with Gasteiger partial charge >= 0.3 is 5.97 Å². The minimum absolute atomic E-state index is 0.364. The summed E-state index contributed by atoms with van der Waals surface area (Å²) in [6, 6.07) is 17.7. The van der Waals surface area contributed by atoms with Gasteiger partial charge in [0.2, 0.25) is 0 Å². The average Bonchev–Trinajstić information content (AvgIpc) is 3.22. The summed E-state index contributed by atoms with van der Waals surface area (Å²) in [7, 11) is 0. The molecule has 3 fully saturated rings. The lowest BCUT2D eigenvalue weighted by Gasteiger charge is -2.56. The first kappa shape index (κ1) is 19.6. The van der Waals surface area contributed by atoms with Crippen LogP contribution in [0.25, 0.3) is 0 Å². The highest BCUT2D eigenvalue weighted by Crippen LogP contribution is 2.54. The van der Waals surface area contributed by atoms with Gasteiger partial charge in [0.05, 0.1) is 5.56 Å². The van der Waals surface area contributed by atoms with Gasteiger partial charge in [-0.1, -0.05) is 24.3 Å². The van der Waals surface area contributed by atoms with Gasteiger partial charge in [-0.15, -0.1) is 0 Å². The molecule has 5 rings (SSSR count). The predicted octanol–water partition coefficient (Wildman–Crippen LogP) is 5.28. The van der Waals surface area contributed by atoms with E-state index in [2.05, 4.69) is 41.0 Å². The molecule has 2 aromatic carbocycles. The van der Waals surface area contributed by atoms with E-state index in [0.29, 0.717) is 17.0 Å². The second-order valence-corrected chi connectivity index (χ2v) is 9.65. The average molecular weight is 405 g/mol. The molecule has 4 heteroatoms. The molecule has 30 heavy (non-hydrogen) atoms. The van der Waals surface area contributed by atoms with Crippen LogP contribution in [0, 0.1) is 12.3 Å². The number of piperidine rings is 1. The van der Waals surface area contributed by atoms with Crippen LogP contribution in [-0.4, -0.2) is 41.7 Å². The van der Waals surface area contributed by atoms with Gasteiger partial charge in [0, 0.05) is 30.9 Å². The van der Waals surface area contributed by atoms with Crippen LogP contribution in [0.15, 0.2) is 48.5 Å². The van der Waals surface area contributed by atoms with Crippen molar-refractivity contribution < 1.29 is 9.90 Å². The maximum atomic E-state index is 11.1. The molecule has 0 radical (unpaired) electrons. The van der Waals surface area contributed by atoms with Crippen molar-refractivity contribution in [3.8, 4) is 0 Å². The van der Waals surface area contributed by atoms with Crippen LogP contribution in [0.4, 0.5) is 5.69 Å². The van der Waals surface area contributed by atoms with E-state index in [-0.39, 0.29) is 0 Å². The van der Waals surface area contributed by atoms with Gasteiger partial charge in [0.15, 0.2) is 0 Å². The topological polar surface area (TPSA) is 43.8 Å². The van der Waals surface area contributed by atoms with Crippen LogP contribution in [0.5, 0.6) is 0 Å². The van der Waals surface area contributed by atoms with Gasteiger partial charge in [-0.05, 0) is 92.8 Å². The Kier molecular flexibility index (Phi) is 5.06. The van der Waals surface area contributed by atoms with Gasteiger partial charge in [0.25, 0.3) is 0 Å². The monoisotopic (exact) mass is 404 g/mol. The lowest BCUT2D eigenvalue weighted by molar-refractivity contribution is -0.0227. The fourth-order valence-corrected chi connectivity index (χ4v) is 6.16. The minimum atomic E-state index is -0.856. The zero-order chi connectivity index (χ0) is 20.7. The molecule has 0 unspecified atom stereocenters. The third-order valence-electron chi connectivity index (χ3n) is 7.95. The molecule has 2 aromatic rings. The van der Waals surface area contributed by atoms with E-state index in [4.69, 9.17) is 5.11 Å². The Morgan fingerprint density at radius 2 is 1.70 bits per heavy atom. The van der Waals surface area contributed by atoms with Crippen LogP contribution in [0.1, 0.15) is 66.1 Å². The molecule has 1 N–H and O–H groups in total. The third kappa shape index (κ3) is 3.51. The van der Waals surface area contributed by atoms with Crippen molar-refractivity contribution in [2.75, 3.05) is 24.5 Å². The highest BCUT2D eigenvalue weighted by Gasteiger charge is 2.49. The van der Waals surface area contributed by atoms with Crippen molar-refractivity contribution in [2.45, 2.75) is 57.5 Å². The standard InChI is InChI=1S/C26H32N2O2/c1-19-5-2-3-6-23(19)24-7-4-14-28(24)22-17-26(18-22)12-15-27(16-13-26)21-10-8-20(9-11-21)25(29)30/h2-3,5-6,8-11,22,24H,4,7,12-18H2,1H3,(H,29,30)/t24-/m0/s1. The number of rotatable bonds is 4. The van der Waals surface area contributed by atoms with Crippen LogP contribution in [-0.2, 0) is 0 Å². The second-order valence-electron chi connectivity index (χ2n) is 9.65. The molecule has 1 spiro atoms. The second kappa shape index (κ2) is 7.73. The number of hydrogen-bond acceptors (Lipinski definition) is 3. The zero-order valence-corrected chi connectivity index (χ0v) is 17.9.